The molecular formula is C18H23N5O2. The summed E-state index contributed by atoms with van der Waals surface area (Å²) in [6.45, 7) is 9.06. The van der Waals surface area contributed by atoms with Crippen molar-refractivity contribution < 1.29 is 4.74 Å². The van der Waals surface area contributed by atoms with Crippen molar-refractivity contribution in [2.45, 2.75) is 33.2 Å². The number of fused-ring (bicyclic) bond motifs is 1. The van der Waals surface area contributed by atoms with E-state index in [4.69, 9.17) is 4.74 Å². The number of nitrogens with zero attached hydrogens (tertiary/aromatic N) is 3. The van der Waals surface area contributed by atoms with Crippen LogP contribution in [-0.4, -0.2) is 32.9 Å². The number of rotatable bonds is 5. The van der Waals surface area contributed by atoms with Crippen LogP contribution >= 0.6 is 0 Å². The van der Waals surface area contributed by atoms with Crippen LogP contribution in [0, 0.1) is 6.92 Å². The van der Waals surface area contributed by atoms with E-state index in [2.05, 4.69) is 20.4 Å². The third-order valence-electron chi connectivity index (χ3n) is 3.73. The number of ether oxygens (including phenoxy) is 1. The summed E-state index contributed by atoms with van der Waals surface area (Å²) in [5, 5.41) is 7.88. The van der Waals surface area contributed by atoms with Crippen LogP contribution in [0.4, 0.5) is 5.95 Å². The molecule has 25 heavy (non-hydrogen) atoms. The number of benzene rings is 1. The zero-order valence-electron chi connectivity index (χ0n) is 15.0. The van der Waals surface area contributed by atoms with Gasteiger partial charge in [0.25, 0.3) is 5.56 Å². The fourth-order valence-electron chi connectivity index (χ4n) is 2.54. The molecule has 0 spiro atoms. The number of H-pyrrole nitrogens is 1. The standard InChI is InChI=1S/C18H23N5O2/c1-12-6-5-7-13(10-12)25-9-8-19-17-21-15-14(16(24)22-17)11-20-23(15)18(2,3)4/h5-7,10-11H,8-9H2,1-4H3,(H2,19,21,22,24). The molecule has 0 radical (unpaired) electrons. The Bertz CT molecular complexity index is 937. The van der Waals surface area contributed by atoms with Crippen molar-refractivity contribution in [1.29, 1.82) is 0 Å². The van der Waals surface area contributed by atoms with Crippen molar-refractivity contribution in [1.82, 2.24) is 19.7 Å². The lowest BCUT2D eigenvalue weighted by molar-refractivity contribution is 0.332. The Balaban J connectivity index is 1.70. The molecule has 7 heteroatoms. The largest absolute Gasteiger partial charge is 0.492 e. The van der Waals surface area contributed by atoms with Gasteiger partial charge in [-0.2, -0.15) is 10.1 Å². The Kier molecular flexibility index (Phi) is 4.48. The lowest BCUT2D eigenvalue weighted by atomic mass is 10.1. The molecule has 2 heterocycles. The van der Waals surface area contributed by atoms with Crippen LogP contribution in [0.25, 0.3) is 11.0 Å². The van der Waals surface area contributed by atoms with E-state index in [9.17, 15) is 4.79 Å². The fraction of sp³-hybridized carbons (Fsp3) is 0.389. The summed E-state index contributed by atoms with van der Waals surface area (Å²) in [6, 6.07) is 7.88. The molecule has 2 aromatic heterocycles. The normalized spacial score (nSPS) is 11.7. The summed E-state index contributed by atoms with van der Waals surface area (Å²) >= 11 is 0. The van der Waals surface area contributed by atoms with Crippen LogP contribution in [-0.2, 0) is 5.54 Å². The number of nitrogens with one attached hydrogen (secondary N) is 2. The Labute approximate surface area is 146 Å². The van der Waals surface area contributed by atoms with Gasteiger partial charge < -0.3 is 10.1 Å². The predicted octanol–water partition coefficient (Wildman–Crippen LogP) is 2.67. The van der Waals surface area contributed by atoms with Gasteiger partial charge in [0.1, 0.15) is 17.7 Å². The van der Waals surface area contributed by atoms with Gasteiger partial charge >= 0.3 is 0 Å². The molecule has 132 valence electrons. The van der Waals surface area contributed by atoms with Crippen LogP contribution in [0.3, 0.4) is 0 Å². The van der Waals surface area contributed by atoms with E-state index in [1.807, 2.05) is 52.0 Å². The zero-order valence-corrected chi connectivity index (χ0v) is 15.0. The van der Waals surface area contributed by atoms with E-state index in [0.717, 1.165) is 11.3 Å². The molecule has 0 aliphatic rings. The SMILES string of the molecule is Cc1cccc(OCCNc2nc3c(cnn3C(C)(C)C)c(=O)[nH]2)c1. The topological polar surface area (TPSA) is 84.8 Å². The van der Waals surface area contributed by atoms with E-state index >= 15 is 0 Å². The van der Waals surface area contributed by atoms with Crippen molar-refractivity contribution >= 4 is 17.0 Å². The molecule has 0 saturated heterocycles. The second-order valence-electron chi connectivity index (χ2n) is 6.97. The van der Waals surface area contributed by atoms with Crippen LogP contribution < -0.4 is 15.6 Å². The minimum atomic E-state index is -0.256. The summed E-state index contributed by atoms with van der Waals surface area (Å²) in [7, 11) is 0. The zero-order chi connectivity index (χ0) is 18.0. The van der Waals surface area contributed by atoms with Gasteiger partial charge in [0.2, 0.25) is 5.95 Å². The van der Waals surface area contributed by atoms with Crippen LogP contribution in [0.5, 0.6) is 5.75 Å². The first-order chi connectivity index (χ1) is 11.8. The van der Waals surface area contributed by atoms with E-state index in [1.54, 1.807) is 10.9 Å². The maximum absolute atomic E-state index is 12.2. The fourth-order valence-corrected chi connectivity index (χ4v) is 2.54. The van der Waals surface area contributed by atoms with Crippen LogP contribution in [0.1, 0.15) is 26.3 Å². The second kappa shape index (κ2) is 6.58. The van der Waals surface area contributed by atoms with Crippen molar-refractivity contribution in [3.05, 3.63) is 46.4 Å². The molecule has 7 nitrogen and oxygen atoms in total. The highest BCUT2D eigenvalue weighted by Crippen LogP contribution is 2.18. The van der Waals surface area contributed by atoms with Gasteiger partial charge in [-0.05, 0) is 45.4 Å². The van der Waals surface area contributed by atoms with Gasteiger partial charge in [-0.3, -0.25) is 9.78 Å². The Morgan fingerprint density at radius 2 is 2.12 bits per heavy atom. The third kappa shape index (κ3) is 3.81. The molecular weight excluding hydrogens is 318 g/mol. The third-order valence-corrected chi connectivity index (χ3v) is 3.73. The number of anilines is 1. The van der Waals surface area contributed by atoms with Crippen molar-refractivity contribution in [3.8, 4) is 5.75 Å². The Hall–Kier alpha value is -2.83. The molecule has 0 amide bonds. The van der Waals surface area contributed by atoms with Gasteiger partial charge in [0.05, 0.1) is 18.3 Å². The first kappa shape index (κ1) is 17.0. The minimum Gasteiger partial charge on any atom is -0.492 e. The lowest BCUT2D eigenvalue weighted by Crippen LogP contribution is -2.24. The molecule has 0 fully saturated rings. The molecule has 2 N–H and O–H groups in total. The molecule has 0 aliphatic heterocycles. The molecule has 0 aliphatic carbocycles. The maximum Gasteiger partial charge on any atom is 0.263 e. The van der Waals surface area contributed by atoms with Gasteiger partial charge in [-0.25, -0.2) is 4.68 Å². The quantitative estimate of drug-likeness (QED) is 0.697. The highest BCUT2D eigenvalue weighted by atomic mass is 16.5. The second-order valence-corrected chi connectivity index (χ2v) is 6.97. The number of aromatic amines is 1. The number of hydrogen-bond donors (Lipinski definition) is 2. The minimum absolute atomic E-state index is 0.206. The van der Waals surface area contributed by atoms with Gasteiger partial charge in [0.15, 0.2) is 5.65 Å². The Morgan fingerprint density at radius 1 is 1.32 bits per heavy atom. The van der Waals surface area contributed by atoms with Gasteiger partial charge in [-0.15, -0.1) is 0 Å². The van der Waals surface area contributed by atoms with Crippen LogP contribution in [0.15, 0.2) is 35.3 Å². The smallest absolute Gasteiger partial charge is 0.263 e. The van der Waals surface area contributed by atoms with Gasteiger partial charge in [0, 0.05) is 0 Å². The first-order valence-electron chi connectivity index (χ1n) is 8.26. The van der Waals surface area contributed by atoms with E-state index < -0.39 is 0 Å². The van der Waals surface area contributed by atoms with E-state index in [-0.39, 0.29) is 11.1 Å². The average Bonchev–Trinajstić information content (AvgIpc) is 2.96. The van der Waals surface area contributed by atoms with E-state index in [0.29, 0.717) is 30.1 Å². The van der Waals surface area contributed by atoms with Crippen molar-refractivity contribution in [3.63, 3.8) is 0 Å². The number of hydrogen-bond acceptors (Lipinski definition) is 5. The average molecular weight is 341 g/mol. The summed E-state index contributed by atoms with van der Waals surface area (Å²) in [6.07, 6.45) is 1.55. The molecule has 0 atom stereocenters. The van der Waals surface area contributed by atoms with Gasteiger partial charge in [-0.1, -0.05) is 12.1 Å². The monoisotopic (exact) mass is 341 g/mol. The summed E-state index contributed by atoms with van der Waals surface area (Å²) in [4.78, 5) is 19.4. The van der Waals surface area contributed by atoms with Crippen molar-refractivity contribution in [2.24, 2.45) is 0 Å². The molecule has 1 aromatic carbocycles. The number of aromatic nitrogens is 4. The van der Waals surface area contributed by atoms with Crippen molar-refractivity contribution in [2.75, 3.05) is 18.5 Å². The van der Waals surface area contributed by atoms with Crippen LogP contribution in [0.2, 0.25) is 0 Å². The first-order valence-corrected chi connectivity index (χ1v) is 8.26. The van der Waals surface area contributed by atoms with E-state index in [1.165, 1.54) is 0 Å². The molecule has 3 aromatic rings. The lowest BCUT2D eigenvalue weighted by Gasteiger charge is -2.19. The number of aryl methyl sites for hydroxylation is 1. The Morgan fingerprint density at radius 3 is 2.84 bits per heavy atom. The predicted molar refractivity (Wildman–Crippen MR) is 98.3 cm³/mol. The highest BCUT2D eigenvalue weighted by molar-refractivity contribution is 5.74. The molecule has 0 bridgehead atoms. The summed E-state index contributed by atoms with van der Waals surface area (Å²) < 4.78 is 7.45. The highest BCUT2D eigenvalue weighted by Gasteiger charge is 2.19. The summed E-state index contributed by atoms with van der Waals surface area (Å²) in [5.74, 6) is 1.24. The molecule has 0 unspecified atom stereocenters. The molecule has 3 rings (SSSR count). The molecule has 0 saturated carbocycles. The summed E-state index contributed by atoms with van der Waals surface area (Å²) in [5.41, 5.74) is 1.26. The maximum atomic E-state index is 12.2.